The lowest BCUT2D eigenvalue weighted by molar-refractivity contribution is 0.724. The molecule has 0 aliphatic carbocycles. The lowest BCUT2D eigenvalue weighted by Gasteiger charge is -2.25. The van der Waals surface area contributed by atoms with Crippen LogP contribution in [0.4, 0.5) is 5.69 Å². The van der Waals surface area contributed by atoms with Crippen LogP contribution in [0.15, 0.2) is 18.3 Å². The molecule has 1 aliphatic heterocycles. The molecule has 0 amide bonds. The molecule has 1 saturated heterocycles. The highest BCUT2D eigenvalue weighted by molar-refractivity contribution is 5.95. The molecule has 0 bridgehead atoms. The summed E-state index contributed by atoms with van der Waals surface area (Å²) in [6.07, 6.45) is 2.81. The molecule has 2 heterocycles. The molecule has 1 fully saturated rings. The number of aromatic nitrogens is 1. The van der Waals surface area contributed by atoms with Crippen LogP contribution in [0.5, 0.6) is 0 Å². The average molecular weight is 280 g/mol. The van der Waals surface area contributed by atoms with Gasteiger partial charge in [-0.15, -0.1) is 0 Å². The molecule has 1 aromatic carbocycles. The predicted octanol–water partition coefficient (Wildman–Crippen LogP) is 2.52. The van der Waals surface area contributed by atoms with Gasteiger partial charge in [0.15, 0.2) is 0 Å². The van der Waals surface area contributed by atoms with E-state index in [-0.39, 0.29) is 0 Å². The predicted molar refractivity (Wildman–Crippen MR) is 85.6 cm³/mol. The molecular formula is C17H20N4. The van der Waals surface area contributed by atoms with Crippen LogP contribution in [0.1, 0.15) is 23.1 Å². The number of anilines is 1. The molecule has 4 nitrogen and oxygen atoms in total. The van der Waals surface area contributed by atoms with Crippen LogP contribution in [0, 0.1) is 25.2 Å². The first-order chi connectivity index (χ1) is 10.2. The van der Waals surface area contributed by atoms with E-state index in [4.69, 9.17) is 0 Å². The lowest BCUT2D eigenvalue weighted by Crippen LogP contribution is -2.28. The van der Waals surface area contributed by atoms with E-state index in [9.17, 15) is 5.26 Å². The smallest absolute Gasteiger partial charge is 0.103 e. The third-order valence-corrected chi connectivity index (χ3v) is 4.23. The fraction of sp³-hybridized carbons (Fsp3) is 0.412. The van der Waals surface area contributed by atoms with E-state index in [1.165, 1.54) is 11.1 Å². The molecule has 3 rings (SSSR count). The summed E-state index contributed by atoms with van der Waals surface area (Å²) in [6.45, 7) is 8.12. The highest BCUT2D eigenvalue weighted by atomic mass is 15.2. The molecule has 0 unspecified atom stereocenters. The van der Waals surface area contributed by atoms with Crippen LogP contribution in [-0.2, 0) is 0 Å². The Morgan fingerprint density at radius 3 is 2.81 bits per heavy atom. The van der Waals surface area contributed by atoms with Gasteiger partial charge in [0, 0.05) is 31.2 Å². The monoisotopic (exact) mass is 280 g/mol. The SMILES string of the molecule is Cc1cc2ncc(C#N)c(N3CCCNCC3)c2cc1C. The quantitative estimate of drug-likeness (QED) is 0.872. The molecule has 0 radical (unpaired) electrons. The molecule has 1 N–H and O–H groups in total. The van der Waals surface area contributed by atoms with Crippen LogP contribution in [-0.4, -0.2) is 31.2 Å². The number of pyridine rings is 1. The number of rotatable bonds is 1. The number of fused-ring (bicyclic) bond motifs is 1. The number of benzene rings is 1. The lowest BCUT2D eigenvalue weighted by atomic mass is 10.0. The van der Waals surface area contributed by atoms with Gasteiger partial charge in [0.25, 0.3) is 0 Å². The van der Waals surface area contributed by atoms with E-state index in [2.05, 4.69) is 47.3 Å². The maximum atomic E-state index is 9.47. The number of hydrogen-bond donors (Lipinski definition) is 1. The zero-order valence-electron chi connectivity index (χ0n) is 12.6. The van der Waals surface area contributed by atoms with Crippen molar-refractivity contribution in [3.63, 3.8) is 0 Å². The molecule has 108 valence electrons. The largest absolute Gasteiger partial charge is 0.369 e. The van der Waals surface area contributed by atoms with Crippen molar-refractivity contribution in [3.05, 3.63) is 35.0 Å². The summed E-state index contributed by atoms with van der Waals surface area (Å²) in [5.74, 6) is 0. The zero-order valence-corrected chi connectivity index (χ0v) is 12.6. The maximum absolute atomic E-state index is 9.47. The third-order valence-electron chi connectivity index (χ3n) is 4.23. The van der Waals surface area contributed by atoms with Crippen molar-refractivity contribution in [1.82, 2.24) is 10.3 Å². The van der Waals surface area contributed by atoms with Crippen molar-refractivity contribution >= 4 is 16.6 Å². The Bertz CT molecular complexity index is 707. The van der Waals surface area contributed by atoms with Crippen molar-refractivity contribution in [2.75, 3.05) is 31.1 Å². The Morgan fingerprint density at radius 2 is 2.00 bits per heavy atom. The second-order valence-corrected chi connectivity index (χ2v) is 5.68. The van der Waals surface area contributed by atoms with E-state index in [1.807, 2.05) is 0 Å². The first-order valence-electron chi connectivity index (χ1n) is 7.46. The number of nitriles is 1. The van der Waals surface area contributed by atoms with Crippen molar-refractivity contribution in [3.8, 4) is 6.07 Å². The van der Waals surface area contributed by atoms with E-state index in [1.54, 1.807) is 6.20 Å². The summed E-state index contributed by atoms with van der Waals surface area (Å²) in [4.78, 5) is 6.80. The Morgan fingerprint density at radius 1 is 1.19 bits per heavy atom. The van der Waals surface area contributed by atoms with Crippen LogP contribution in [0.2, 0.25) is 0 Å². The third kappa shape index (κ3) is 2.57. The number of nitrogens with one attached hydrogen (secondary N) is 1. The second kappa shape index (κ2) is 5.71. The fourth-order valence-electron chi connectivity index (χ4n) is 2.93. The Kier molecular flexibility index (Phi) is 3.76. The maximum Gasteiger partial charge on any atom is 0.103 e. The summed E-state index contributed by atoms with van der Waals surface area (Å²) >= 11 is 0. The minimum Gasteiger partial charge on any atom is -0.369 e. The van der Waals surface area contributed by atoms with E-state index >= 15 is 0 Å². The van der Waals surface area contributed by atoms with Crippen LogP contribution in [0.3, 0.4) is 0 Å². The van der Waals surface area contributed by atoms with Crippen molar-refractivity contribution in [1.29, 1.82) is 5.26 Å². The van der Waals surface area contributed by atoms with Crippen molar-refractivity contribution < 1.29 is 0 Å². The number of nitrogens with zero attached hydrogens (tertiary/aromatic N) is 3. The molecule has 1 aliphatic rings. The second-order valence-electron chi connectivity index (χ2n) is 5.68. The highest BCUT2D eigenvalue weighted by Crippen LogP contribution is 2.31. The van der Waals surface area contributed by atoms with Gasteiger partial charge in [0.05, 0.1) is 16.8 Å². The van der Waals surface area contributed by atoms with E-state index in [0.717, 1.165) is 49.2 Å². The molecule has 0 saturated carbocycles. The van der Waals surface area contributed by atoms with Crippen LogP contribution in [0.25, 0.3) is 10.9 Å². The molecule has 0 atom stereocenters. The molecular weight excluding hydrogens is 260 g/mol. The fourth-order valence-corrected chi connectivity index (χ4v) is 2.93. The Balaban J connectivity index is 2.22. The highest BCUT2D eigenvalue weighted by Gasteiger charge is 2.17. The normalized spacial score (nSPS) is 15.8. The van der Waals surface area contributed by atoms with Gasteiger partial charge in [0.1, 0.15) is 6.07 Å². The van der Waals surface area contributed by atoms with Gasteiger partial charge in [-0.2, -0.15) is 5.26 Å². The topological polar surface area (TPSA) is 52.0 Å². The molecule has 4 heteroatoms. The van der Waals surface area contributed by atoms with Gasteiger partial charge in [-0.05, 0) is 50.1 Å². The summed E-state index contributed by atoms with van der Waals surface area (Å²) in [5, 5.41) is 14.0. The number of hydrogen-bond acceptors (Lipinski definition) is 4. The zero-order chi connectivity index (χ0) is 14.8. The van der Waals surface area contributed by atoms with E-state index < -0.39 is 0 Å². The van der Waals surface area contributed by atoms with E-state index in [0.29, 0.717) is 5.56 Å². The van der Waals surface area contributed by atoms with Gasteiger partial charge >= 0.3 is 0 Å². The standard InChI is InChI=1S/C17H20N4/c1-12-8-15-16(9-13(12)2)20-11-14(10-18)17(15)21-6-3-4-19-5-7-21/h8-9,11,19H,3-7H2,1-2H3. The van der Waals surface area contributed by atoms with Crippen LogP contribution >= 0.6 is 0 Å². The Hall–Kier alpha value is -2.12. The van der Waals surface area contributed by atoms with Gasteiger partial charge < -0.3 is 10.2 Å². The molecule has 0 spiro atoms. The minimum atomic E-state index is 0.674. The van der Waals surface area contributed by atoms with Gasteiger partial charge in [-0.3, -0.25) is 4.98 Å². The molecule has 2 aromatic rings. The summed E-state index contributed by atoms with van der Waals surface area (Å²) in [7, 11) is 0. The Labute approximate surface area is 125 Å². The first-order valence-corrected chi connectivity index (χ1v) is 7.46. The number of aryl methyl sites for hydroxylation is 2. The molecule has 1 aromatic heterocycles. The van der Waals surface area contributed by atoms with Gasteiger partial charge in [-0.1, -0.05) is 0 Å². The van der Waals surface area contributed by atoms with Gasteiger partial charge in [-0.25, -0.2) is 0 Å². The average Bonchev–Trinajstić information content (AvgIpc) is 2.76. The summed E-state index contributed by atoms with van der Waals surface area (Å²) < 4.78 is 0. The van der Waals surface area contributed by atoms with Crippen LogP contribution < -0.4 is 10.2 Å². The molecule has 21 heavy (non-hydrogen) atoms. The van der Waals surface area contributed by atoms with Gasteiger partial charge in [0.2, 0.25) is 0 Å². The van der Waals surface area contributed by atoms with Crippen molar-refractivity contribution in [2.24, 2.45) is 0 Å². The minimum absolute atomic E-state index is 0.674. The first kappa shape index (κ1) is 13.8. The van der Waals surface area contributed by atoms with Crippen molar-refractivity contribution in [2.45, 2.75) is 20.3 Å². The summed E-state index contributed by atoms with van der Waals surface area (Å²) in [5.41, 5.74) is 5.18. The summed E-state index contributed by atoms with van der Waals surface area (Å²) in [6, 6.07) is 6.60.